The van der Waals surface area contributed by atoms with Gasteiger partial charge in [0.2, 0.25) is 0 Å². The molecule has 1 heterocycles. The van der Waals surface area contributed by atoms with Crippen molar-refractivity contribution in [2.45, 2.75) is 46.1 Å². The Bertz CT molecular complexity index is 217. The fraction of sp³-hybridized carbons (Fsp3) is 0.909. The summed E-state index contributed by atoms with van der Waals surface area (Å²) in [6.45, 7) is 8.48. The minimum Gasteiger partial charge on any atom is -0.269 e. The summed E-state index contributed by atoms with van der Waals surface area (Å²) in [5, 5.41) is 2.05. The molecule has 1 aliphatic rings. The van der Waals surface area contributed by atoms with Crippen molar-refractivity contribution in [2.24, 2.45) is 0 Å². The van der Waals surface area contributed by atoms with Gasteiger partial charge in [-0.25, -0.2) is 4.59 Å². The number of quaternary nitrogens is 1. The fourth-order valence-electron chi connectivity index (χ4n) is 2.41. The van der Waals surface area contributed by atoms with Crippen molar-refractivity contribution in [3.05, 3.63) is 0 Å². The zero-order valence-corrected chi connectivity index (χ0v) is 9.92. The lowest BCUT2D eigenvalue weighted by molar-refractivity contribution is -1.02. The van der Waals surface area contributed by atoms with Gasteiger partial charge in [-0.1, -0.05) is 13.8 Å². The molecule has 0 N–H and O–H groups in total. The molecule has 3 heteroatoms. The molecule has 0 aromatic heterocycles. The number of hydrogen-bond donors (Lipinski definition) is 0. The Labute approximate surface area is 87.2 Å². The van der Waals surface area contributed by atoms with Gasteiger partial charge in [-0.05, 0) is 19.8 Å². The van der Waals surface area contributed by atoms with Gasteiger partial charge in [0.15, 0.2) is 0 Å². The second kappa shape index (κ2) is 4.30. The van der Waals surface area contributed by atoms with Gasteiger partial charge in [0.25, 0.3) is 5.91 Å². The third-order valence-electron chi connectivity index (χ3n) is 3.37. The van der Waals surface area contributed by atoms with E-state index in [9.17, 15) is 4.79 Å². The molecule has 1 saturated heterocycles. The van der Waals surface area contributed by atoms with Crippen molar-refractivity contribution in [3.63, 3.8) is 0 Å². The predicted octanol–water partition coefficient (Wildman–Crippen LogP) is 1.79. The van der Waals surface area contributed by atoms with Gasteiger partial charge >= 0.3 is 0 Å². The van der Waals surface area contributed by atoms with Crippen molar-refractivity contribution in [3.8, 4) is 0 Å². The van der Waals surface area contributed by atoms with Crippen LogP contribution in [0.3, 0.4) is 0 Å². The maximum atomic E-state index is 11.8. The van der Waals surface area contributed by atoms with Crippen LogP contribution in [0.25, 0.3) is 0 Å². The van der Waals surface area contributed by atoms with E-state index in [-0.39, 0.29) is 0 Å². The van der Waals surface area contributed by atoms with E-state index in [4.69, 9.17) is 0 Å². The molecule has 0 aromatic carbocycles. The highest BCUT2D eigenvalue weighted by Crippen LogP contribution is 2.27. The second-order valence-corrected chi connectivity index (χ2v) is 4.51. The Kier molecular flexibility index (Phi) is 3.53. The Morgan fingerprint density at radius 2 is 2.07 bits per heavy atom. The molecular weight excluding hydrogens is 176 g/mol. The minimum atomic E-state index is 0.329. The van der Waals surface area contributed by atoms with Crippen LogP contribution in [0.4, 0.5) is 0 Å². The lowest BCUT2D eigenvalue weighted by Crippen LogP contribution is -2.57. The zero-order chi connectivity index (χ0) is 10.8. The van der Waals surface area contributed by atoms with Gasteiger partial charge in [-0.2, -0.15) is 5.01 Å². The maximum absolute atomic E-state index is 11.8. The molecule has 3 nitrogen and oxygen atoms in total. The van der Waals surface area contributed by atoms with E-state index < -0.39 is 0 Å². The Balaban J connectivity index is 2.81. The van der Waals surface area contributed by atoms with Crippen LogP contribution in [0.2, 0.25) is 0 Å². The largest absolute Gasteiger partial charge is 0.273 e. The monoisotopic (exact) mass is 199 g/mol. The smallest absolute Gasteiger partial charge is 0.269 e. The molecule has 0 aliphatic carbocycles. The average molecular weight is 199 g/mol. The first-order chi connectivity index (χ1) is 6.56. The van der Waals surface area contributed by atoms with Crippen LogP contribution in [-0.2, 0) is 4.79 Å². The van der Waals surface area contributed by atoms with Gasteiger partial charge < -0.3 is 0 Å². The summed E-state index contributed by atoms with van der Waals surface area (Å²) < 4.78 is 0.823. The minimum absolute atomic E-state index is 0.329. The van der Waals surface area contributed by atoms with Crippen LogP contribution in [-0.4, -0.2) is 41.7 Å². The van der Waals surface area contributed by atoms with Crippen molar-refractivity contribution in [1.29, 1.82) is 0 Å². The van der Waals surface area contributed by atoms with Crippen molar-refractivity contribution >= 4 is 5.91 Å². The standard InChI is InChI=1S/C11H23N2O/c1-5-7-12-11(14)9-10(3)13(12,4)8-6-2/h10H,5-9H2,1-4H3/q+1. The van der Waals surface area contributed by atoms with Gasteiger partial charge in [0, 0.05) is 0 Å². The number of hydrogen-bond acceptors (Lipinski definition) is 1. The highest BCUT2D eigenvalue weighted by Gasteiger charge is 2.46. The third kappa shape index (κ3) is 1.78. The number of carbonyl (C=O) groups excluding carboxylic acids is 1. The molecule has 14 heavy (non-hydrogen) atoms. The first kappa shape index (κ1) is 11.5. The van der Waals surface area contributed by atoms with Gasteiger partial charge in [-0.15, -0.1) is 0 Å². The predicted molar refractivity (Wildman–Crippen MR) is 57.4 cm³/mol. The first-order valence-electron chi connectivity index (χ1n) is 5.72. The summed E-state index contributed by atoms with van der Waals surface area (Å²) in [7, 11) is 2.19. The Morgan fingerprint density at radius 1 is 1.43 bits per heavy atom. The van der Waals surface area contributed by atoms with Crippen LogP contribution < -0.4 is 0 Å². The summed E-state index contributed by atoms with van der Waals surface area (Å²) in [5.41, 5.74) is 0. The van der Waals surface area contributed by atoms with E-state index in [1.807, 2.05) is 5.01 Å². The molecule has 1 aliphatic heterocycles. The molecule has 1 rings (SSSR count). The highest BCUT2D eigenvalue weighted by atomic mass is 16.2. The topological polar surface area (TPSA) is 20.3 Å². The van der Waals surface area contributed by atoms with Crippen LogP contribution in [0.15, 0.2) is 0 Å². The van der Waals surface area contributed by atoms with Crippen molar-refractivity contribution < 1.29 is 9.39 Å². The van der Waals surface area contributed by atoms with Crippen LogP contribution in [0, 0.1) is 0 Å². The number of nitrogens with zero attached hydrogens (tertiary/aromatic N) is 2. The van der Waals surface area contributed by atoms with Crippen LogP contribution in [0.5, 0.6) is 0 Å². The quantitative estimate of drug-likeness (QED) is 0.632. The molecule has 0 aromatic rings. The molecular formula is C11H23N2O+. The number of rotatable bonds is 4. The molecule has 82 valence electrons. The highest BCUT2D eigenvalue weighted by molar-refractivity contribution is 5.76. The number of amides is 1. The average Bonchev–Trinajstić information content (AvgIpc) is 2.31. The van der Waals surface area contributed by atoms with Gasteiger partial charge in [-0.3, -0.25) is 4.79 Å². The molecule has 1 amide bonds. The van der Waals surface area contributed by atoms with E-state index in [1.54, 1.807) is 0 Å². The van der Waals surface area contributed by atoms with E-state index in [2.05, 4.69) is 27.8 Å². The second-order valence-electron chi connectivity index (χ2n) is 4.51. The maximum Gasteiger partial charge on any atom is 0.273 e. The lowest BCUT2D eigenvalue weighted by Gasteiger charge is -2.39. The summed E-state index contributed by atoms with van der Waals surface area (Å²) in [4.78, 5) is 11.8. The SMILES string of the molecule is CCCN1C(=O)CC(C)[N+]1(C)CCC. The molecule has 0 spiro atoms. The molecule has 1 fully saturated rings. The van der Waals surface area contributed by atoms with Gasteiger partial charge in [0.1, 0.15) is 12.6 Å². The number of carbonyl (C=O) groups is 1. The third-order valence-corrected chi connectivity index (χ3v) is 3.37. The van der Waals surface area contributed by atoms with Crippen molar-refractivity contribution in [2.75, 3.05) is 20.1 Å². The van der Waals surface area contributed by atoms with E-state index in [1.165, 1.54) is 0 Å². The fourth-order valence-corrected chi connectivity index (χ4v) is 2.41. The lowest BCUT2D eigenvalue weighted by atomic mass is 10.2. The van der Waals surface area contributed by atoms with Crippen LogP contribution >= 0.6 is 0 Å². The molecule has 2 unspecified atom stereocenters. The van der Waals surface area contributed by atoms with Crippen molar-refractivity contribution in [1.82, 2.24) is 5.01 Å². The zero-order valence-electron chi connectivity index (χ0n) is 9.92. The normalized spacial score (nSPS) is 32.7. The molecule has 2 atom stereocenters. The van der Waals surface area contributed by atoms with Gasteiger partial charge in [0.05, 0.1) is 20.0 Å². The summed E-state index contributed by atoms with van der Waals surface area (Å²) in [6, 6.07) is 0.453. The molecule has 0 radical (unpaired) electrons. The summed E-state index contributed by atoms with van der Waals surface area (Å²) in [5.74, 6) is 0.329. The van der Waals surface area contributed by atoms with E-state index >= 15 is 0 Å². The molecule has 0 bridgehead atoms. The first-order valence-corrected chi connectivity index (χ1v) is 5.72. The Hall–Kier alpha value is -0.570. The van der Waals surface area contributed by atoms with E-state index in [0.717, 1.165) is 36.9 Å². The van der Waals surface area contributed by atoms with E-state index in [0.29, 0.717) is 11.9 Å². The Morgan fingerprint density at radius 3 is 2.57 bits per heavy atom. The summed E-state index contributed by atoms with van der Waals surface area (Å²) in [6.07, 6.45) is 2.90. The molecule has 0 saturated carbocycles. The van der Waals surface area contributed by atoms with Crippen LogP contribution in [0.1, 0.15) is 40.0 Å². The summed E-state index contributed by atoms with van der Waals surface area (Å²) >= 11 is 0.